The fourth-order valence-corrected chi connectivity index (χ4v) is 2.47. The normalized spacial score (nSPS) is 14.6. The highest BCUT2D eigenvalue weighted by Gasteiger charge is 2.07. The van der Waals surface area contributed by atoms with Crippen LogP contribution >= 0.6 is 11.8 Å². The van der Waals surface area contributed by atoms with E-state index in [0.717, 1.165) is 17.9 Å². The zero-order chi connectivity index (χ0) is 11.2. The highest BCUT2D eigenvalue weighted by Crippen LogP contribution is 2.12. The average Bonchev–Trinajstić information content (AvgIpc) is 2.81. The Balaban J connectivity index is 0.000000138. The topological polar surface area (TPSA) is 17.1 Å². The lowest BCUT2D eigenvalue weighted by Gasteiger charge is -1.92. The molecule has 0 unspecified atom stereocenters. The molecule has 3 rings (SSSR count). The average molecular weight is 230 g/mol. The molecule has 0 radical (unpaired) electrons. The van der Waals surface area contributed by atoms with Crippen molar-refractivity contribution in [2.24, 2.45) is 0 Å². The predicted molar refractivity (Wildman–Crippen MR) is 70.9 cm³/mol. The van der Waals surface area contributed by atoms with Gasteiger partial charge in [0.2, 0.25) is 0 Å². The first-order chi connectivity index (χ1) is 7.86. The van der Waals surface area contributed by atoms with E-state index >= 15 is 0 Å². The Kier molecular flexibility index (Phi) is 4.00. The Hall–Kier alpha value is -1.28. The summed E-state index contributed by atoms with van der Waals surface area (Å²) < 4.78 is 0. The zero-order valence-electron chi connectivity index (χ0n) is 9.06. The third-order valence-electron chi connectivity index (χ3n) is 2.45. The van der Waals surface area contributed by atoms with Crippen LogP contribution in [0.15, 0.2) is 48.5 Å². The van der Waals surface area contributed by atoms with Gasteiger partial charge >= 0.3 is 0 Å². The van der Waals surface area contributed by atoms with Crippen molar-refractivity contribution >= 4 is 28.3 Å². The molecule has 0 saturated carbocycles. The molecule has 2 aromatic rings. The fraction of sp³-hybridized carbons (Fsp3) is 0.214. The second-order valence-electron chi connectivity index (χ2n) is 3.69. The molecule has 0 aliphatic carbocycles. The molecule has 16 heavy (non-hydrogen) atoms. The standard InChI is InChI=1S/C10H8.C4H6OS/c1-2-6-10-8-4-3-7-9(10)5-1;5-4-1-2-6-3-4/h1-8H;1-3H2. The molecule has 2 aromatic carbocycles. The molecule has 0 amide bonds. The van der Waals surface area contributed by atoms with Gasteiger partial charge in [-0.25, -0.2) is 0 Å². The number of rotatable bonds is 0. The van der Waals surface area contributed by atoms with Gasteiger partial charge in [-0.3, -0.25) is 4.79 Å². The molecule has 0 spiro atoms. The van der Waals surface area contributed by atoms with Gasteiger partial charge in [-0.05, 0) is 10.8 Å². The van der Waals surface area contributed by atoms with E-state index < -0.39 is 0 Å². The molecule has 82 valence electrons. The molecule has 0 aromatic heterocycles. The van der Waals surface area contributed by atoms with Gasteiger partial charge in [0.05, 0.1) is 5.75 Å². The van der Waals surface area contributed by atoms with Crippen molar-refractivity contribution in [2.75, 3.05) is 11.5 Å². The monoisotopic (exact) mass is 230 g/mol. The van der Waals surface area contributed by atoms with Crippen LogP contribution < -0.4 is 0 Å². The minimum Gasteiger partial charge on any atom is -0.299 e. The minimum atomic E-state index is 0.417. The van der Waals surface area contributed by atoms with Gasteiger partial charge in [-0.15, -0.1) is 0 Å². The molecule has 1 aliphatic heterocycles. The molecular formula is C14H14OS. The van der Waals surface area contributed by atoms with E-state index in [-0.39, 0.29) is 0 Å². The molecule has 1 aliphatic rings. The van der Waals surface area contributed by atoms with Crippen molar-refractivity contribution in [1.29, 1.82) is 0 Å². The van der Waals surface area contributed by atoms with Crippen LogP contribution in [0.3, 0.4) is 0 Å². The molecule has 1 heterocycles. The van der Waals surface area contributed by atoms with Gasteiger partial charge in [0.25, 0.3) is 0 Å². The van der Waals surface area contributed by atoms with E-state index in [1.54, 1.807) is 11.8 Å². The summed E-state index contributed by atoms with van der Waals surface area (Å²) in [4.78, 5) is 10.2. The Bertz CT molecular complexity index is 405. The van der Waals surface area contributed by atoms with E-state index in [0.29, 0.717) is 5.78 Å². The quantitative estimate of drug-likeness (QED) is 0.688. The van der Waals surface area contributed by atoms with Crippen LogP contribution in [0.25, 0.3) is 10.8 Å². The molecule has 0 N–H and O–H groups in total. The second kappa shape index (κ2) is 5.71. The van der Waals surface area contributed by atoms with Crippen LogP contribution in [0.5, 0.6) is 0 Å². The summed E-state index contributed by atoms with van der Waals surface area (Å²) in [6, 6.07) is 16.7. The number of thioether (sulfide) groups is 1. The van der Waals surface area contributed by atoms with Gasteiger partial charge in [0.15, 0.2) is 0 Å². The van der Waals surface area contributed by atoms with Crippen molar-refractivity contribution in [1.82, 2.24) is 0 Å². The first kappa shape index (κ1) is 11.2. The molecule has 2 heteroatoms. The van der Waals surface area contributed by atoms with Gasteiger partial charge < -0.3 is 0 Å². The number of fused-ring (bicyclic) bond motifs is 1. The Labute approximate surface area is 99.9 Å². The van der Waals surface area contributed by atoms with Crippen molar-refractivity contribution in [3.8, 4) is 0 Å². The number of hydrogen-bond acceptors (Lipinski definition) is 2. The van der Waals surface area contributed by atoms with Crippen LogP contribution in [-0.2, 0) is 4.79 Å². The van der Waals surface area contributed by atoms with E-state index in [1.165, 1.54) is 10.8 Å². The lowest BCUT2D eigenvalue weighted by molar-refractivity contribution is -0.115. The number of carbonyl (C=O) groups excluding carboxylic acids is 1. The van der Waals surface area contributed by atoms with E-state index in [1.807, 2.05) is 0 Å². The van der Waals surface area contributed by atoms with E-state index in [2.05, 4.69) is 48.5 Å². The van der Waals surface area contributed by atoms with Crippen molar-refractivity contribution in [2.45, 2.75) is 6.42 Å². The summed E-state index contributed by atoms with van der Waals surface area (Å²) in [6.07, 6.45) is 0.810. The third kappa shape index (κ3) is 3.11. The predicted octanol–water partition coefficient (Wildman–Crippen LogP) is 3.53. The fourth-order valence-electron chi connectivity index (χ4n) is 1.58. The molecule has 1 saturated heterocycles. The number of benzene rings is 2. The second-order valence-corrected chi connectivity index (χ2v) is 4.79. The molecular weight excluding hydrogens is 216 g/mol. The molecule has 0 atom stereocenters. The van der Waals surface area contributed by atoms with Crippen molar-refractivity contribution in [3.63, 3.8) is 0 Å². The smallest absolute Gasteiger partial charge is 0.143 e. The lowest BCUT2D eigenvalue weighted by Crippen LogP contribution is -1.89. The van der Waals surface area contributed by atoms with Crippen molar-refractivity contribution in [3.05, 3.63) is 48.5 Å². The number of Topliss-reactive ketones (excluding diaryl/α,β-unsaturated/α-hetero) is 1. The maximum absolute atomic E-state index is 10.2. The van der Waals surface area contributed by atoms with Crippen LogP contribution in [0.1, 0.15) is 6.42 Å². The van der Waals surface area contributed by atoms with Crippen molar-refractivity contribution < 1.29 is 4.79 Å². The molecule has 1 fully saturated rings. The van der Waals surface area contributed by atoms with E-state index in [9.17, 15) is 4.79 Å². The van der Waals surface area contributed by atoms with Crippen LogP contribution in [0.4, 0.5) is 0 Å². The Morgan fingerprint density at radius 1 is 0.875 bits per heavy atom. The van der Waals surface area contributed by atoms with E-state index in [4.69, 9.17) is 0 Å². The highest BCUT2D eigenvalue weighted by molar-refractivity contribution is 8.00. The molecule has 0 bridgehead atoms. The Morgan fingerprint density at radius 2 is 1.38 bits per heavy atom. The minimum absolute atomic E-state index is 0.417. The lowest BCUT2D eigenvalue weighted by atomic mass is 10.1. The number of hydrogen-bond donors (Lipinski definition) is 0. The van der Waals surface area contributed by atoms with Gasteiger partial charge in [0, 0.05) is 12.2 Å². The number of carbonyl (C=O) groups is 1. The first-order valence-corrected chi connectivity index (χ1v) is 6.55. The molecule has 1 nitrogen and oxygen atoms in total. The largest absolute Gasteiger partial charge is 0.299 e. The zero-order valence-corrected chi connectivity index (χ0v) is 9.87. The summed E-state index contributed by atoms with van der Waals surface area (Å²) in [5, 5.41) is 2.62. The van der Waals surface area contributed by atoms with Gasteiger partial charge in [0.1, 0.15) is 5.78 Å². The summed E-state index contributed by atoms with van der Waals surface area (Å²) in [5.74, 6) is 2.23. The van der Waals surface area contributed by atoms with Crippen LogP contribution in [-0.4, -0.2) is 17.3 Å². The number of ketones is 1. The Morgan fingerprint density at radius 3 is 1.62 bits per heavy atom. The maximum atomic E-state index is 10.2. The van der Waals surface area contributed by atoms with Gasteiger partial charge in [-0.1, -0.05) is 48.5 Å². The first-order valence-electron chi connectivity index (χ1n) is 5.39. The highest BCUT2D eigenvalue weighted by atomic mass is 32.2. The maximum Gasteiger partial charge on any atom is 0.143 e. The summed E-state index contributed by atoms with van der Waals surface area (Å²) in [7, 11) is 0. The van der Waals surface area contributed by atoms with Crippen LogP contribution in [0.2, 0.25) is 0 Å². The summed E-state index contributed by atoms with van der Waals surface area (Å²) >= 11 is 1.73. The summed E-state index contributed by atoms with van der Waals surface area (Å²) in [6.45, 7) is 0. The van der Waals surface area contributed by atoms with Crippen LogP contribution in [0, 0.1) is 0 Å². The SMILES string of the molecule is O=C1CCSC1.c1ccc2ccccc2c1. The van der Waals surface area contributed by atoms with Gasteiger partial charge in [-0.2, -0.15) is 11.8 Å². The third-order valence-corrected chi connectivity index (χ3v) is 3.47. The summed E-state index contributed by atoms with van der Waals surface area (Å²) in [5.41, 5.74) is 0.